The van der Waals surface area contributed by atoms with E-state index in [1.807, 2.05) is 42.3 Å². The Morgan fingerprint density at radius 1 is 0.896 bits per heavy atom. The van der Waals surface area contributed by atoms with Crippen molar-refractivity contribution in [3.05, 3.63) is 78.0 Å². The lowest BCUT2D eigenvalue weighted by molar-refractivity contribution is 0.0700. The molecular formula is C38H37N7O3. The predicted molar refractivity (Wildman–Crippen MR) is 186 cm³/mol. The maximum absolute atomic E-state index is 13.8. The van der Waals surface area contributed by atoms with Crippen molar-refractivity contribution in [1.82, 2.24) is 24.0 Å². The summed E-state index contributed by atoms with van der Waals surface area (Å²) in [5.41, 5.74) is 19.4. The number of benzene rings is 3. The fourth-order valence-corrected chi connectivity index (χ4v) is 8.08. The Morgan fingerprint density at radius 2 is 1.69 bits per heavy atom. The summed E-state index contributed by atoms with van der Waals surface area (Å²) in [6.45, 7) is 1.62. The summed E-state index contributed by atoms with van der Waals surface area (Å²) in [5, 5.41) is 2.08. The molecule has 2 unspecified atom stereocenters. The van der Waals surface area contributed by atoms with E-state index >= 15 is 0 Å². The van der Waals surface area contributed by atoms with Crippen LogP contribution in [0.5, 0.6) is 5.75 Å². The zero-order chi connectivity index (χ0) is 32.8. The molecule has 0 spiro atoms. The standard InChI is InChI=1S/C38H37N7O3/c1-43-35-29(14-26(17-33(35)48-2)38(47)45-19-25-9-12-30(45)34(25)39)42-37(43)32-16-24-6-5-22(15-31(24)44(32)18-20-3-4-20)21-7-10-27-23(13-21)8-11-28(41-27)36(40)46/h5-8,10-11,13-17,20,25,30,34H,3-4,9,12,18-19,39H2,1-2H3,(H2,40,46)/t25?,30?,34-/m1/s1. The van der Waals surface area contributed by atoms with Crippen LogP contribution in [0.15, 0.2) is 66.7 Å². The predicted octanol–water partition coefficient (Wildman–Crippen LogP) is 5.49. The smallest absolute Gasteiger partial charge is 0.267 e. The first-order chi connectivity index (χ1) is 23.3. The molecule has 2 amide bonds. The Hall–Kier alpha value is -5.22. The van der Waals surface area contributed by atoms with Crippen molar-refractivity contribution in [2.24, 2.45) is 30.4 Å². The van der Waals surface area contributed by atoms with E-state index in [0.29, 0.717) is 29.7 Å². The second-order valence-corrected chi connectivity index (χ2v) is 13.8. The number of ether oxygens (including phenoxy) is 1. The summed E-state index contributed by atoms with van der Waals surface area (Å²) in [5.74, 6) is 1.94. The van der Waals surface area contributed by atoms with Crippen molar-refractivity contribution in [1.29, 1.82) is 0 Å². The molecule has 9 rings (SSSR count). The van der Waals surface area contributed by atoms with E-state index in [2.05, 4.69) is 44.5 Å². The first-order valence-corrected chi connectivity index (χ1v) is 16.7. The Morgan fingerprint density at radius 3 is 2.42 bits per heavy atom. The molecule has 3 atom stereocenters. The van der Waals surface area contributed by atoms with Gasteiger partial charge in [-0.25, -0.2) is 9.97 Å². The third-order valence-electron chi connectivity index (χ3n) is 10.9. The number of pyridine rings is 1. The van der Waals surface area contributed by atoms with Gasteiger partial charge >= 0.3 is 0 Å². The minimum Gasteiger partial charge on any atom is -0.494 e. The SMILES string of the molecule is COc1cc(C(=O)N2CC3CCC2[C@@H]3N)cc2nc(-c3cc4ccc(-c5ccc6nc(C(N)=O)ccc6c5)cc4n3CC3CC3)n(C)c12. The Bertz CT molecular complexity index is 2320. The molecule has 2 bridgehead atoms. The van der Waals surface area contributed by atoms with Gasteiger partial charge in [0.15, 0.2) is 5.82 Å². The molecule has 3 fully saturated rings. The number of nitrogens with two attached hydrogens (primary N) is 2. The third kappa shape index (κ3) is 4.50. The van der Waals surface area contributed by atoms with Crippen LogP contribution in [0.1, 0.15) is 46.5 Å². The molecule has 2 aliphatic carbocycles. The van der Waals surface area contributed by atoms with Gasteiger partial charge in [-0.15, -0.1) is 0 Å². The quantitative estimate of drug-likeness (QED) is 0.237. The van der Waals surface area contributed by atoms with Crippen LogP contribution in [0.3, 0.4) is 0 Å². The number of imidazole rings is 1. The molecule has 0 radical (unpaired) electrons. The molecule has 2 saturated carbocycles. The van der Waals surface area contributed by atoms with Crippen molar-refractivity contribution in [3.63, 3.8) is 0 Å². The lowest BCUT2D eigenvalue weighted by Crippen LogP contribution is -2.41. The topological polar surface area (TPSA) is 134 Å². The minimum absolute atomic E-state index is 0.00166. The van der Waals surface area contributed by atoms with Gasteiger partial charge in [0.2, 0.25) is 0 Å². The van der Waals surface area contributed by atoms with Crippen LogP contribution in [0.2, 0.25) is 0 Å². The van der Waals surface area contributed by atoms with Crippen molar-refractivity contribution in [3.8, 4) is 28.4 Å². The first kappa shape index (κ1) is 29.0. The Labute approximate surface area is 277 Å². The fraction of sp³-hybridized carbons (Fsp3) is 0.316. The number of carbonyl (C=O) groups excluding carboxylic acids is 2. The van der Waals surface area contributed by atoms with Crippen LogP contribution >= 0.6 is 0 Å². The molecule has 10 nitrogen and oxygen atoms in total. The van der Waals surface area contributed by atoms with Gasteiger partial charge < -0.3 is 30.2 Å². The number of hydrogen-bond acceptors (Lipinski definition) is 6. The number of fused-ring (bicyclic) bond motifs is 5. The number of hydrogen-bond donors (Lipinski definition) is 2. The molecule has 1 saturated heterocycles. The molecule has 3 aliphatic rings. The second kappa shape index (κ2) is 10.6. The highest BCUT2D eigenvalue weighted by Gasteiger charge is 2.47. The summed E-state index contributed by atoms with van der Waals surface area (Å²) in [6.07, 6.45) is 4.49. The number of methoxy groups -OCH3 is 1. The highest BCUT2D eigenvalue weighted by Crippen LogP contribution is 2.41. The molecule has 3 aromatic carbocycles. The van der Waals surface area contributed by atoms with Gasteiger partial charge in [-0.3, -0.25) is 9.59 Å². The van der Waals surface area contributed by atoms with Crippen molar-refractivity contribution in [2.45, 2.75) is 44.3 Å². The van der Waals surface area contributed by atoms with Crippen LogP contribution in [0, 0.1) is 11.8 Å². The number of aromatic nitrogens is 4. The fourth-order valence-electron chi connectivity index (χ4n) is 8.08. The van der Waals surface area contributed by atoms with Gasteiger partial charge in [-0.2, -0.15) is 0 Å². The van der Waals surface area contributed by atoms with Crippen LogP contribution in [0.25, 0.3) is 55.5 Å². The number of rotatable bonds is 7. The molecule has 4 N–H and O–H groups in total. The summed E-state index contributed by atoms with van der Waals surface area (Å²) in [6, 6.07) is 22.3. The van der Waals surface area contributed by atoms with Crippen LogP contribution in [-0.2, 0) is 13.6 Å². The molecule has 3 aromatic heterocycles. The molecular weight excluding hydrogens is 602 g/mol. The largest absolute Gasteiger partial charge is 0.494 e. The number of primary amides is 1. The van der Waals surface area contributed by atoms with E-state index in [4.69, 9.17) is 21.2 Å². The van der Waals surface area contributed by atoms with E-state index in [1.54, 1.807) is 13.2 Å². The first-order valence-electron chi connectivity index (χ1n) is 16.7. The zero-order valence-corrected chi connectivity index (χ0v) is 27.0. The molecule has 242 valence electrons. The average molecular weight is 640 g/mol. The number of aryl methyl sites for hydroxylation is 1. The zero-order valence-electron chi connectivity index (χ0n) is 27.0. The maximum atomic E-state index is 13.8. The highest BCUT2D eigenvalue weighted by atomic mass is 16.5. The van der Waals surface area contributed by atoms with Crippen LogP contribution < -0.4 is 16.2 Å². The van der Waals surface area contributed by atoms with Crippen LogP contribution in [0.4, 0.5) is 0 Å². The van der Waals surface area contributed by atoms with Gasteiger partial charge in [0.25, 0.3) is 11.8 Å². The highest BCUT2D eigenvalue weighted by molar-refractivity contribution is 6.01. The Kier molecular flexibility index (Phi) is 6.42. The molecule has 4 heterocycles. The van der Waals surface area contributed by atoms with Crippen molar-refractivity contribution >= 4 is 44.7 Å². The number of piperidine rings is 1. The van der Waals surface area contributed by atoms with Crippen molar-refractivity contribution in [2.75, 3.05) is 13.7 Å². The Balaban J connectivity index is 1.13. The summed E-state index contributed by atoms with van der Waals surface area (Å²) < 4.78 is 10.4. The van der Waals surface area contributed by atoms with Gasteiger partial charge in [-0.05, 0) is 91.1 Å². The second-order valence-electron chi connectivity index (χ2n) is 13.8. The van der Waals surface area contributed by atoms with E-state index in [9.17, 15) is 9.59 Å². The number of amides is 2. The maximum Gasteiger partial charge on any atom is 0.267 e. The molecule has 6 aromatic rings. The lowest BCUT2D eigenvalue weighted by atomic mass is 10.0. The number of likely N-dealkylation sites (tertiary alicyclic amines) is 1. The number of nitrogens with zero attached hydrogens (tertiary/aromatic N) is 5. The lowest BCUT2D eigenvalue weighted by Gasteiger charge is -2.27. The monoisotopic (exact) mass is 639 g/mol. The third-order valence-corrected chi connectivity index (χ3v) is 10.9. The molecule has 48 heavy (non-hydrogen) atoms. The summed E-state index contributed by atoms with van der Waals surface area (Å²) in [4.78, 5) is 36.9. The van der Waals surface area contributed by atoms with E-state index in [0.717, 1.165) is 74.9 Å². The van der Waals surface area contributed by atoms with E-state index in [1.165, 1.54) is 12.8 Å². The van der Waals surface area contributed by atoms with Crippen molar-refractivity contribution < 1.29 is 14.3 Å². The van der Waals surface area contributed by atoms with Crippen LogP contribution in [-0.4, -0.2) is 61.6 Å². The van der Waals surface area contributed by atoms with Gasteiger partial charge in [0.1, 0.15) is 17.0 Å². The van der Waals surface area contributed by atoms with Gasteiger partial charge in [0, 0.05) is 54.1 Å². The van der Waals surface area contributed by atoms with Gasteiger partial charge in [-0.1, -0.05) is 24.3 Å². The molecule has 1 aliphatic heterocycles. The van der Waals surface area contributed by atoms with Gasteiger partial charge in [0.05, 0.1) is 23.8 Å². The normalized spacial score (nSPS) is 20.4. The summed E-state index contributed by atoms with van der Waals surface area (Å²) >= 11 is 0. The summed E-state index contributed by atoms with van der Waals surface area (Å²) in [7, 11) is 3.67. The van der Waals surface area contributed by atoms with E-state index < -0.39 is 5.91 Å². The average Bonchev–Trinajstić information content (AvgIpc) is 3.50. The minimum atomic E-state index is -0.537. The van der Waals surface area contributed by atoms with E-state index in [-0.39, 0.29) is 23.7 Å². The molecule has 10 heteroatoms. The number of carbonyl (C=O) groups is 2.